The summed E-state index contributed by atoms with van der Waals surface area (Å²) in [4.78, 5) is 16.0. The van der Waals surface area contributed by atoms with Crippen LogP contribution in [-0.2, 0) is 0 Å². The van der Waals surface area contributed by atoms with Gasteiger partial charge in [0.1, 0.15) is 5.15 Å². The summed E-state index contributed by atoms with van der Waals surface area (Å²) < 4.78 is 0. The third-order valence-corrected chi connectivity index (χ3v) is 3.05. The molecule has 0 radical (unpaired) electrons. The zero-order valence-corrected chi connectivity index (χ0v) is 12.0. The summed E-state index contributed by atoms with van der Waals surface area (Å²) in [6.45, 7) is 3.89. The number of carbonyl (C=O) groups excluding carboxylic acids is 1. The van der Waals surface area contributed by atoms with Gasteiger partial charge in [0.15, 0.2) is 5.15 Å². The molecule has 0 unspecified atom stereocenters. The fourth-order valence-corrected chi connectivity index (χ4v) is 2.20. The summed E-state index contributed by atoms with van der Waals surface area (Å²) >= 11 is 11.6. The first-order valence-corrected chi connectivity index (χ1v) is 6.43. The van der Waals surface area contributed by atoms with Crippen LogP contribution < -0.4 is 5.32 Å². The second-order valence-corrected chi connectivity index (χ2v) is 5.05. The smallest absolute Gasteiger partial charge is 0.255 e. The number of carbonyl (C=O) groups is 1. The zero-order chi connectivity index (χ0) is 14.0. The first-order chi connectivity index (χ1) is 8.95. The summed E-state index contributed by atoms with van der Waals surface area (Å²) in [7, 11) is 0. The van der Waals surface area contributed by atoms with Crippen LogP contribution in [-0.4, -0.2) is 10.9 Å². The molecule has 3 nitrogen and oxygen atoms in total. The van der Waals surface area contributed by atoms with Crippen molar-refractivity contribution in [2.45, 2.75) is 13.8 Å². The number of aromatic nitrogens is 1. The van der Waals surface area contributed by atoms with Gasteiger partial charge in [-0.3, -0.25) is 4.79 Å². The Balaban J connectivity index is 2.25. The number of hydrogen-bond acceptors (Lipinski definition) is 2. The van der Waals surface area contributed by atoms with Crippen LogP contribution in [0.25, 0.3) is 0 Å². The molecule has 0 atom stereocenters. The average molecular weight is 295 g/mol. The number of benzene rings is 1. The normalized spacial score (nSPS) is 10.3. The molecule has 1 aromatic heterocycles. The number of hydrogen-bond donors (Lipinski definition) is 1. The van der Waals surface area contributed by atoms with Gasteiger partial charge >= 0.3 is 0 Å². The summed E-state index contributed by atoms with van der Waals surface area (Å²) in [6.07, 6.45) is 0. The fourth-order valence-electron chi connectivity index (χ4n) is 1.81. The van der Waals surface area contributed by atoms with Gasteiger partial charge in [0.25, 0.3) is 5.91 Å². The number of pyridine rings is 1. The predicted molar refractivity (Wildman–Crippen MR) is 78.1 cm³/mol. The molecule has 0 aliphatic rings. The number of aryl methyl sites for hydroxylation is 2. The molecule has 1 amide bonds. The minimum Gasteiger partial charge on any atom is -0.319 e. The van der Waals surface area contributed by atoms with E-state index in [1.807, 2.05) is 32.0 Å². The second kappa shape index (κ2) is 5.59. The number of nitrogens with one attached hydrogen (secondary N) is 1. The van der Waals surface area contributed by atoms with E-state index in [-0.39, 0.29) is 16.2 Å². The van der Waals surface area contributed by atoms with Crippen molar-refractivity contribution in [2.24, 2.45) is 0 Å². The number of amides is 1. The van der Waals surface area contributed by atoms with Crippen molar-refractivity contribution in [3.05, 3.63) is 57.3 Å². The maximum absolute atomic E-state index is 12.1. The maximum Gasteiger partial charge on any atom is 0.255 e. The van der Waals surface area contributed by atoms with E-state index in [9.17, 15) is 4.79 Å². The Hall–Kier alpha value is -1.58. The van der Waals surface area contributed by atoms with Crippen LogP contribution in [0, 0.1) is 13.8 Å². The van der Waals surface area contributed by atoms with Gasteiger partial charge in [-0.05, 0) is 38.1 Å². The Morgan fingerprint density at radius 1 is 1.11 bits per heavy atom. The van der Waals surface area contributed by atoms with Gasteiger partial charge in [-0.1, -0.05) is 40.4 Å². The molecule has 0 spiro atoms. The highest BCUT2D eigenvalue weighted by molar-refractivity contribution is 6.34. The second-order valence-electron chi connectivity index (χ2n) is 4.30. The van der Waals surface area contributed by atoms with Crippen molar-refractivity contribution in [2.75, 3.05) is 5.32 Å². The van der Waals surface area contributed by atoms with Crippen molar-refractivity contribution in [1.29, 1.82) is 0 Å². The van der Waals surface area contributed by atoms with Gasteiger partial charge < -0.3 is 5.32 Å². The van der Waals surface area contributed by atoms with E-state index in [1.165, 1.54) is 0 Å². The standard InChI is InChI=1S/C14H12Cl2N2O/c1-8-5-9(2)7-10(6-8)14(19)17-11-3-4-12(15)18-13(11)16/h3-7H,1-2H3,(H,17,19). The number of anilines is 1. The first-order valence-electron chi connectivity index (χ1n) is 5.67. The lowest BCUT2D eigenvalue weighted by molar-refractivity contribution is 0.102. The Morgan fingerprint density at radius 2 is 1.74 bits per heavy atom. The molecule has 2 aromatic rings. The van der Waals surface area contributed by atoms with Crippen LogP contribution in [0.4, 0.5) is 5.69 Å². The highest BCUT2D eigenvalue weighted by atomic mass is 35.5. The topological polar surface area (TPSA) is 42.0 Å². The van der Waals surface area contributed by atoms with Crippen molar-refractivity contribution in [3.63, 3.8) is 0 Å². The van der Waals surface area contributed by atoms with Gasteiger partial charge in [0, 0.05) is 5.56 Å². The third-order valence-electron chi connectivity index (χ3n) is 2.55. The minimum absolute atomic E-state index is 0.172. The lowest BCUT2D eigenvalue weighted by atomic mass is 10.1. The molecule has 19 heavy (non-hydrogen) atoms. The quantitative estimate of drug-likeness (QED) is 0.841. The number of halogens is 2. The molecular formula is C14H12Cl2N2O. The lowest BCUT2D eigenvalue weighted by Crippen LogP contribution is -2.13. The van der Waals surface area contributed by atoms with E-state index in [1.54, 1.807) is 12.1 Å². The van der Waals surface area contributed by atoms with E-state index in [0.717, 1.165) is 11.1 Å². The predicted octanol–water partition coefficient (Wildman–Crippen LogP) is 4.26. The molecule has 2 rings (SSSR count). The number of rotatable bonds is 2. The summed E-state index contributed by atoms with van der Waals surface area (Å²) in [5, 5.41) is 3.17. The molecule has 0 aliphatic carbocycles. The van der Waals surface area contributed by atoms with Crippen LogP contribution in [0.3, 0.4) is 0 Å². The van der Waals surface area contributed by atoms with Crippen LogP contribution in [0.5, 0.6) is 0 Å². The van der Waals surface area contributed by atoms with E-state index >= 15 is 0 Å². The van der Waals surface area contributed by atoms with Crippen molar-refractivity contribution < 1.29 is 4.79 Å². The fraction of sp³-hybridized carbons (Fsp3) is 0.143. The highest BCUT2D eigenvalue weighted by Crippen LogP contribution is 2.22. The summed E-state index contributed by atoms with van der Waals surface area (Å²) in [6, 6.07) is 8.84. The molecule has 5 heteroatoms. The third kappa shape index (κ3) is 3.46. The molecule has 0 saturated heterocycles. The zero-order valence-electron chi connectivity index (χ0n) is 10.5. The van der Waals surface area contributed by atoms with E-state index in [0.29, 0.717) is 11.3 Å². The molecular weight excluding hydrogens is 283 g/mol. The van der Waals surface area contributed by atoms with E-state index < -0.39 is 0 Å². The Bertz CT molecular complexity index is 621. The van der Waals surface area contributed by atoms with Crippen LogP contribution >= 0.6 is 23.2 Å². The average Bonchev–Trinajstić information content (AvgIpc) is 2.31. The van der Waals surface area contributed by atoms with Gasteiger partial charge in [-0.15, -0.1) is 0 Å². The van der Waals surface area contributed by atoms with Gasteiger partial charge in [0.05, 0.1) is 5.69 Å². The van der Waals surface area contributed by atoms with Crippen molar-refractivity contribution in [3.8, 4) is 0 Å². The molecule has 0 saturated carbocycles. The van der Waals surface area contributed by atoms with Gasteiger partial charge in [-0.2, -0.15) is 0 Å². The van der Waals surface area contributed by atoms with Crippen LogP contribution in [0.2, 0.25) is 10.3 Å². The number of nitrogens with zero attached hydrogens (tertiary/aromatic N) is 1. The summed E-state index contributed by atoms with van der Waals surface area (Å²) in [5.74, 6) is -0.224. The molecule has 0 aliphatic heterocycles. The highest BCUT2D eigenvalue weighted by Gasteiger charge is 2.10. The first kappa shape index (κ1) is 13.8. The SMILES string of the molecule is Cc1cc(C)cc(C(=O)Nc2ccc(Cl)nc2Cl)c1. The van der Waals surface area contributed by atoms with Gasteiger partial charge in [0.2, 0.25) is 0 Å². The Labute approximate surface area is 121 Å². The van der Waals surface area contributed by atoms with Crippen LogP contribution in [0.15, 0.2) is 30.3 Å². The lowest BCUT2D eigenvalue weighted by Gasteiger charge is -2.08. The molecule has 0 bridgehead atoms. The molecule has 0 fully saturated rings. The Kier molecular flexibility index (Phi) is 4.08. The van der Waals surface area contributed by atoms with E-state index in [2.05, 4.69) is 10.3 Å². The van der Waals surface area contributed by atoms with Crippen LogP contribution in [0.1, 0.15) is 21.5 Å². The molecule has 1 N–H and O–H groups in total. The van der Waals surface area contributed by atoms with Crippen molar-refractivity contribution in [1.82, 2.24) is 4.98 Å². The minimum atomic E-state index is -0.224. The maximum atomic E-state index is 12.1. The Morgan fingerprint density at radius 3 is 2.32 bits per heavy atom. The summed E-state index contributed by atoms with van der Waals surface area (Å²) in [5.41, 5.74) is 3.09. The van der Waals surface area contributed by atoms with Crippen molar-refractivity contribution >= 4 is 34.8 Å². The molecule has 1 heterocycles. The molecule has 98 valence electrons. The van der Waals surface area contributed by atoms with Gasteiger partial charge in [-0.25, -0.2) is 4.98 Å². The largest absolute Gasteiger partial charge is 0.319 e. The van der Waals surface area contributed by atoms with E-state index in [4.69, 9.17) is 23.2 Å². The monoisotopic (exact) mass is 294 g/mol. The molecule has 1 aromatic carbocycles.